The van der Waals surface area contributed by atoms with Crippen molar-refractivity contribution in [2.45, 2.75) is 51.6 Å². The number of benzene rings is 2. The lowest BCUT2D eigenvalue weighted by atomic mass is 9.64. The summed E-state index contributed by atoms with van der Waals surface area (Å²) in [6, 6.07) is 13.7. The number of aryl methyl sites for hydroxylation is 1. The Hall–Kier alpha value is -2.10. The van der Waals surface area contributed by atoms with Gasteiger partial charge in [-0.1, -0.05) is 35.9 Å². The van der Waals surface area contributed by atoms with E-state index < -0.39 is 0 Å². The summed E-state index contributed by atoms with van der Waals surface area (Å²) in [4.78, 5) is 13.2. The molecular weight excluding hydrogens is 384 g/mol. The minimum absolute atomic E-state index is 0.0565. The molecule has 0 saturated heterocycles. The summed E-state index contributed by atoms with van der Waals surface area (Å²) >= 11 is 6.01. The Kier molecular flexibility index (Phi) is 5.54. The van der Waals surface area contributed by atoms with Crippen molar-refractivity contribution in [3.05, 3.63) is 64.4 Å². The Balaban J connectivity index is 1.67. The molecule has 0 radical (unpaired) electrons. The van der Waals surface area contributed by atoms with Crippen molar-refractivity contribution in [2.75, 3.05) is 7.11 Å². The number of Topliss-reactive ketones (excluding diaryl/α,β-unsaturated/α-hetero) is 1. The van der Waals surface area contributed by atoms with Crippen LogP contribution >= 0.6 is 11.6 Å². The fourth-order valence-corrected chi connectivity index (χ4v) is 5.03. The van der Waals surface area contributed by atoms with Gasteiger partial charge in [0.2, 0.25) is 0 Å². The zero-order valence-corrected chi connectivity index (χ0v) is 17.8. The summed E-state index contributed by atoms with van der Waals surface area (Å²) in [6.45, 7) is 1.99. The third kappa shape index (κ3) is 3.99. The minimum Gasteiger partial charge on any atom is -0.512 e. The SMILES string of the molecule is COC1CCC2(CC1)CC(=O)C(c1cc(-c3ccc(Cl)cc3)ccc1C)=C(O)C2. The van der Waals surface area contributed by atoms with E-state index in [9.17, 15) is 9.90 Å². The number of allylic oxidation sites excluding steroid dienone is 2. The molecule has 0 amide bonds. The first-order valence-corrected chi connectivity index (χ1v) is 10.6. The van der Waals surface area contributed by atoms with Crippen molar-refractivity contribution in [2.24, 2.45) is 5.41 Å². The van der Waals surface area contributed by atoms with Crippen LogP contribution in [0.1, 0.15) is 49.7 Å². The van der Waals surface area contributed by atoms with Crippen LogP contribution in [0.2, 0.25) is 5.02 Å². The fourth-order valence-electron chi connectivity index (χ4n) is 4.91. The summed E-state index contributed by atoms with van der Waals surface area (Å²) in [5.74, 6) is 0.300. The van der Waals surface area contributed by atoms with Gasteiger partial charge >= 0.3 is 0 Å². The van der Waals surface area contributed by atoms with E-state index in [-0.39, 0.29) is 23.1 Å². The van der Waals surface area contributed by atoms with Crippen molar-refractivity contribution < 1.29 is 14.6 Å². The third-order valence-corrected chi connectivity index (χ3v) is 6.91. The Morgan fingerprint density at radius 3 is 2.31 bits per heavy atom. The van der Waals surface area contributed by atoms with Crippen LogP contribution in [0.5, 0.6) is 0 Å². The van der Waals surface area contributed by atoms with E-state index in [0.29, 0.717) is 23.4 Å². The van der Waals surface area contributed by atoms with E-state index in [1.54, 1.807) is 7.11 Å². The van der Waals surface area contributed by atoms with Crippen LogP contribution in [-0.4, -0.2) is 24.1 Å². The van der Waals surface area contributed by atoms with Crippen molar-refractivity contribution in [1.29, 1.82) is 0 Å². The number of hydrogen-bond acceptors (Lipinski definition) is 3. The summed E-state index contributed by atoms with van der Waals surface area (Å²) < 4.78 is 5.48. The number of methoxy groups -OCH3 is 1. The van der Waals surface area contributed by atoms with Crippen LogP contribution < -0.4 is 0 Å². The minimum atomic E-state index is -0.110. The van der Waals surface area contributed by atoms with Gasteiger partial charge in [0.15, 0.2) is 5.78 Å². The van der Waals surface area contributed by atoms with Crippen LogP contribution in [0.25, 0.3) is 16.7 Å². The number of aliphatic hydroxyl groups is 1. The molecule has 1 spiro atoms. The van der Waals surface area contributed by atoms with Gasteiger partial charge in [-0.25, -0.2) is 0 Å². The Morgan fingerprint density at radius 1 is 1.03 bits per heavy atom. The predicted molar refractivity (Wildman–Crippen MR) is 117 cm³/mol. The number of rotatable bonds is 3. The molecule has 29 heavy (non-hydrogen) atoms. The van der Waals surface area contributed by atoms with Gasteiger partial charge in [-0.3, -0.25) is 4.79 Å². The van der Waals surface area contributed by atoms with Gasteiger partial charge in [0.25, 0.3) is 0 Å². The average Bonchev–Trinajstić information content (AvgIpc) is 2.70. The monoisotopic (exact) mass is 410 g/mol. The smallest absolute Gasteiger partial charge is 0.167 e. The van der Waals surface area contributed by atoms with E-state index in [4.69, 9.17) is 16.3 Å². The maximum atomic E-state index is 13.2. The van der Waals surface area contributed by atoms with Crippen molar-refractivity contribution in [3.8, 4) is 11.1 Å². The largest absolute Gasteiger partial charge is 0.512 e. The van der Waals surface area contributed by atoms with Gasteiger partial charge in [0.05, 0.1) is 11.7 Å². The zero-order valence-electron chi connectivity index (χ0n) is 17.0. The predicted octanol–water partition coefficient (Wildman–Crippen LogP) is 6.52. The van der Waals surface area contributed by atoms with Crippen molar-refractivity contribution >= 4 is 23.0 Å². The first-order chi connectivity index (χ1) is 13.9. The van der Waals surface area contributed by atoms with Gasteiger partial charge in [0, 0.05) is 25.0 Å². The van der Waals surface area contributed by atoms with Gasteiger partial charge in [0.1, 0.15) is 5.76 Å². The second-order valence-corrected chi connectivity index (χ2v) is 9.01. The summed E-state index contributed by atoms with van der Waals surface area (Å²) in [5.41, 5.74) is 4.26. The zero-order chi connectivity index (χ0) is 20.6. The number of aliphatic hydroxyl groups excluding tert-OH is 1. The standard InChI is InChI=1S/C25H27ClO3/c1-16-3-4-18(17-5-7-19(26)8-6-17)13-21(16)24-22(27)14-25(15-23(24)28)11-9-20(29-2)10-12-25/h3-8,13,20,27H,9-12,14-15H2,1-2H3. The third-order valence-electron chi connectivity index (χ3n) is 6.66. The topological polar surface area (TPSA) is 46.5 Å². The molecule has 152 valence electrons. The normalized spacial score (nSPS) is 24.9. The second-order valence-electron chi connectivity index (χ2n) is 8.57. The summed E-state index contributed by atoms with van der Waals surface area (Å²) in [6.07, 6.45) is 5.13. The van der Waals surface area contributed by atoms with Crippen LogP contribution in [0.15, 0.2) is 48.2 Å². The molecule has 3 nitrogen and oxygen atoms in total. The number of ether oxygens (including phenoxy) is 1. The molecule has 2 aliphatic rings. The van der Waals surface area contributed by atoms with E-state index in [1.807, 2.05) is 49.4 Å². The maximum absolute atomic E-state index is 13.2. The first kappa shape index (κ1) is 20.2. The molecular formula is C25H27ClO3. The van der Waals surface area contributed by atoms with Crippen LogP contribution in [-0.2, 0) is 9.53 Å². The van der Waals surface area contributed by atoms with Gasteiger partial charge < -0.3 is 9.84 Å². The summed E-state index contributed by atoms with van der Waals surface area (Å²) in [7, 11) is 1.75. The number of carbonyl (C=O) groups excluding carboxylic acids is 1. The highest BCUT2D eigenvalue weighted by atomic mass is 35.5. The molecule has 1 saturated carbocycles. The second kappa shape index (κ2) is 7.97. The molecule has 0 heterocycles. The number of halogens is 1. The van der Waals surface area contributed by atoms with Crippen molar-refractivity contribution in [1.82, 2.24) is 0 Å². The van der Waals surface area contributed by atoms with E-state index in [0.717, 1.165) is 47.9 Å². The van der Waals surface area contributed by atoms with Gasteiger partial charge in [-0.05, 0) is 78.5 Å². The van der Waals surface area contributed by atoms with E-state index >= 15 is 0 Å². The molecule has 0 unspecified atom stereocenters. The molecule has 1 fully saturated rings. The molecule has 0 aliphatic heterocycles. The first-order valence-electron chi connectivity index (χ1n) is 10.3. The highest BCUT2D eigenvalue weighted by molar-refractivity contribution is 6.30. The lowest BCUT2D eigenvalue weighted by Gasteiger charge is -2.42. The summed E-state index contributed by atoms with van der Waals surface area (Å²) in [5, 5.41) is 11.7. The van der Waals surface area contributed by atoms with Crippen LogP contribution in [0, 0.1) is 12.3 Å². The number of ketones is 1. The Labute approximate surface area is 177 Å². The molecule has 0 atom stereocenters. The Morgan fingerprint density at radius 2 is 1.69 bits per heavy atom. The number of carbonyl (C=O) groups is 1. The van der Waals surface area contributed by atoms with E-state index in [2.05, 4.69) is 0 Å². The van der Waals surface area contributed by atoms with Gasteiger partial charge in [-0.2, -0.15) is 0 Å². The molecule has 2 aliphatic carbocycles. The van der Waals surface area contributed by atoms with Crippen molar-refractivity contribution in [3.63, 3.8) is 0 Å². The highest BCUT2D eigenvalue weighted by Gasteiger charge is 2.43. The average molecular weight is 411 g/mol. The van der Waals surface area contributed by atoms with Crippen LogP contribution in [0.3, 0.4) is 0 Å². The van der Waals surface area contributed by atoms with Gasteiger partial charge in [-0.15, -0.1) is 0 Å². The highest BCUT2D eigenvalue weighted by Crippen LogP contribution is 2.49. The maximum Gasteiger partial charge on any atom is 0.167 e. The molecule has 4 rings (SSSR count). The van der Waals surface area contributed by atoms with E-state index in [1.165, 1.54) is 0 Å². The molecule has 1 N–H and O–H groups in total. The molecule has 2 aromatic rings. The Bertz CT molecular complexity index is 951. The lowest BCUT2D eigenvalue weighted by Crippen LogP contribution is -2.36. The molecule has 0 aromatic heterocycles. The molecule has 4 heteroatoms. The fraction of sp³-hybridized carbons (Fsp3) is 0.400. The lowest BCUT2D eigenvalue weighted by molar-refractivity contribution is -0.118. The molecule has 0 bridgehead atoms. The number of hydrogen-bond donors (Lipinski definition) is 1. The quantitative estimate of drug-likeness (QED) is 0.626. The van der Waals surface area contributed by atoms with Crippen LogP contribution in [0.4, 0.5) is 0 Å². The molecule has 2 aromatic carbocycles.